The summed E-state index contributed by atoms with van der Waals surface area (Å²) in [6.45, 7) is 9.25. The van der Waals surface area contributed by atoms with Gasteiger partial charge in [-0.1, -0.05) is 24.8 Å². The number of phenols is 1. The summed E-state index contributed by atoms with van der Waals surface area (Å²) in [6, 6.07) is 7.22. The minimum Gasteiger partial charge on any atom is -0.508 e. The Kier molecular flexibility index (Phi) is 4.48. The zero-order valence-electron chi connectivity index (χ0n) is 13.3. The van der Waals surface area contributed by atoms with Crippen LogP contribution in [0.3, 0.4) is 0 Å². The number of allylic oxidation sites excluding steroid dienone is 1. The predicted octanol–water partition coefficient (Wildman–Crippen LogP) is 2.78. The third-order valence-corrected chi connectivity index (χ3v) is 3.95. The van der Waals surface area contributed by atoms with E-state index < -0.39 is 0 Å². The Morgan fingerprint density at radius 3 is 2.83 bits per heavy atom. The van der Waals surface area contributed by atoms with Crippen molar-refractivity contribution in [2.45, 2.75) is 6.92 Å². The molecule has 0 saturated carbocycles. The summed E-state index contributed by atoms with van der Waals surface area (Å²) in [5, 5.41) is 9.75. The van der Waals surface area contributed by atoms with Crippen molar-refractivity contribution in [3.63, 3.8) is 0 Å². The molecule has 0 unspecified atom stereocenters. The second-order valence-corrected chi connectivity index (χ2v) is 5.39. The lowest BCUT2D eigenvalue weighted by Crippen LogP contribution is -2.44. The van der Waals surface area contributed by atoms with Crippen LogP contribution in [0.25, 0.3) is 5.70 Å². The van der Waals surface area contributed by atoms with Crippen molar-refractivity contribution in [2.24, 2.45) is 4.99 Å². The van der Waals surface area contributed by atoms with Crippen LogP contribution in [0.1, 0.15) is 12.5 Å². The molecule has 5 nitrogen and oxygen atoms in total. The molecule has 2 aliphatic rings. The van der Waals surface area contributed by atoms with Crippen LogP contribution in [0.15, 0.2) is 60.0 Å². The van der Waals surface area contributed by atoms with Crippen molar-refractivity contribution in [1.82, 2.24) is 9.80 Å². The number of ether oxygens (including phenoxy) is 1. The molecule has 2 aliphatic heterocycles. The highest BCUT2D eigenvalue weighted by Gasteiger charge is 2.24. The maximum Gasteiger partial charge on any atom is 0.152 e. The van der Waals surface area contributed by atoms with E-state index in [2.05, 4.69) is 16.5 Å². The standard InChI is InChI=1S/C18H21N3O2/c1-3-17(15-5-4-6-16(22)13-15)21-8-7-19-18(14(21)2)20-9-11-23-12-10-20/h3-8,13,22H,2,9-12H2,1H3/b17-3-. The van der Waals surface area contributed by atoms with E-state index in [0.717, 1.165) is 35.9 Å². The third kappa shape index (κ3) is 3.14. The normalized spacial score (nSPS) is 19.1. The molecule has 1 aromatic carbocycles. The number of rotatable bonds is 2. The molecule has 1 saturated heterocycles. The van der Waals surface area contributed by atoms with E-state index in [1.54, 1.807) is 18.3 Å². The Labute approximate surface area is 136 Å². The lowest BCUT2D eigenvalue weighted by atomic mass is 10.1. The van der Waals surface area contributed by atoms with E-state index in [1.807, 2.05) is 36.2 Å². The number of phenolic OH excluding ortho intramolecular Hbond substituents is 1. The van der Waals surface area contributed by atoms with Crippen LogP contribution in [0, 0.1) is 0 Å². The summed E-state index contributed by atoms with van der Waals surface area (Å²) >= 11 is 0. The van der Waals surface area contributed by atoms with Crippen molar-refractivity contribution in [3.05, 3.63) is 60.6 Å². The molecule has 0 amide bonds. The van der Waals surface area contributed by atoms with Gasteiger partial charge in [-0.3, -0.25) is 0 Å². The minimum absolute atomic E-state index is 0.246. The molecular formula is C18H21N3O2. The fourth-order valence-corrected chi connectivity index (χ4v) is 2.82. The van der Waals surface area contributed by atoms with Gasteiger partial charge in [-0.2, -0.15) is 0 Å². The Hall–Kier alpha value is -2.53. The maximum atomic E-state index is 9.75. The summed E-state index contributed by atoms with van der Waals surface area (Å²) in [7, 11) is 0. The van der Waals surface area contributed by atoms with E-state index in [9.17, 15) is 5.11 Å². The molecule has 5 heteroatoms. The van der Waals surface area contributed by atoms with E-state index >= 15 is 0 Å². The maximum absolute atomic E-state index is 9.75. The summed E-state index contributed by atoms with van der Waals surface area (Å²) in [4.78, 5) is 8.70. The Bertz CT molecular complexity index is 685. The largest absolute Gasteiger partial charge is 0.508 e. The zero-order chi connectivity index (χ0) is 16.2. The van der Waals surface area contributed by atoms with Gasteiger partial charge in [0, 0.05) is 36.7 Å². The SMILES string of the molecule is C=C1C(N2CCOCC2)=NC=CN1/C(=C\C)c1cccc(O)c1. The van der Waals surface area contributed by atoms with Gasteiger partial charge in [0.25, 0.3) is 0 Å². The van der Waals surface area contributed by atoms with E-state index in [-0.39, 0.29) is 5.75 Å². The number of benzene rings is 1. The molecule has 120 valence electrons. The van der Waals surface area contributed by atoms with Crippen LogP contribution in [-0.2, 0) is 4.74 Å². The Morgan fingerprint density at radius 2 is 2.13 bits per heavy atom. The molecule has 1 aromatic rings. The van der Waals surface area contributed by atoms with Gasteiger partial charge in [-0.25, -0.2) is 4.99 Å². The van der Waals surface area contributed by atoms with Crippen molar-refractivity contribution in [2.75, 3.05) is 26.3 Å². The lowest BCUT2D eigenvalue weighted by Gasteiger charge is -2.36. The predicted molar refractivity (Wildman–Crippen MR) is 91.7 cm³/mol. The summed E-state index contributed by atoms with van der Waals surface area (Å²) in [5.41, 5.74) is 2.72. The van der Waals surface area contributed by atoms with Crippen molar-refractivity contribution in [1.29, 1.82) is 0 Å². The van der Waals surface area contributed by atoms with Crippen LogP contribution < -0.4 is 0 Å². The molecule has 23 heavy (non-hydrogen) atoms. The number of aromatic hydroxyl groups is 1. The molecule has 0 aromatic heterocycles. The Balaban J connectivity index is 1.87. The second kappa shape index (κ2) is 6.71. The fourth-order valence-electron chi connectivity index (χ4n) is 2.82. The first-order valence-electron chi connectivity index (χ1n) is 7.72. The Morgan fingerprint density at radius 1 is 1.35 bits per heavy atom. The highest BCUT2D eigenvalue weighted by atomic mass is 16.5. The number of morpholine rings is 1. The van der Waals surface area contributed by atoms with Gasteiger partial charge in [0.05, 0.1) is 18.9 Å². The summed E-state index contributed by atoms with van der Waals surface area (Å²) < 4.78 is 5.41. The number of hydrogen-bond donors (Lipinski definition) is 1. The quantitative estimate of drug-likeness (QED) is 0.912. The van der Waals surface area contributed by atoms with Gasteiger partial charge >= 0.3 is 0 Å². The van der Waals surface area contributed by atoms with Crippen molar-refractivity contribution in [3.8, 4) is 5.75 Å². The topological polar surface area (TPSA) is 48.3 Å². The van der Waals surface area contributed by atoms with Gasteiger partial charge in [-0.15, -0.1) is 0 Å². The number of aliphatic imine (C=N–C) groups is 1. The second-order valence-electron chi connectivity index (χ2n) is 5.39. The van der Waals surface area contributed by atoms with Crippen LogP contribution in [0.4, 0.5) is 0 Å². The molecule has 2 heterocycles. The highest BCUT2D eigenvalue weighted by Crippen LogP contribution is 2.28. The first-order valence-corrected chi connectivity index (χ1v) is 7.72. The summed E-state index contributed by atoms with van der Waals surface area (Å²) in [6.07, 6.45) is 5.68. The molecule has 0 aliphatic carbocycles. The lowest BCUT2D eigenvalue weighted by molar-refractivity contribution is 0.0678. The molecule has 1 fully saturated rings. The molecule has 0 atom stereocenters. The first-order chi connectivity index (χ1) is 11.2. The molecule has 3 rings (SSSR count). The zero-order valence-corrected chi connectivity index (χ0v) is 13.3. The fraction of sp³-hybridized carbons (Fsp3) is 0.278. The molecular weight excluding hydrogens is 290 g/mol. The summed E-state index contributed by atoms with van der Waals surface area (Å²) in [5.74, 6) is 1.12. The van der Waals surface area contributed by atoms with Gasteiger partial charge < -0.3 is 19.6 Å². The number of nitrogens with zero attached hydrogens (tertiary/aromatic N) is 3. The van der Waals surface area contributed by atoms with Crippen molar-refractivity contribution < 1.29 is 9.84 Å². The molecule has 0 radical (unpaired) electrons. The van der Waals surface area contributed by atoms with Crippen LogP contribution in [0.2, 0.25) is 0 Å². The molecule has 1 N–H and O–H groups in total. The minimum atomic E-state index is 0.246. The van der Waals surface area contributed by atoms with Crippen LogP contribution in [-0.4, -0.2) is 47.0 Å². The van der Waals surface area contributed by atoms with Gasteiger partial charge in [0.2, 0.25) is 0 Å². The average Bonchev–Trinajstić information content (AvgIpc) is 2.58. The first kappa shape index (κ1) is 15.4. The van der Waals surface area contributed by atoms with Gasteiger partial charge in [-0.05, 0) is 19.1 Å². The molecule has 0 bridgehead atoms. The van der Waals surface area contributed by atoms with E-state index in [4.69, 9.17) is 4.74 Å². The smallest absolute Gasteiger partial charge is 0.152 e. The monoisotopic (exact) mass is 311 g/mol. The average molecular weight is 311 g/mol. The number of hydrogen-bond acceptors (Lipinski definition) is 5. The van der Waals surface area contributed by atoms with Gasteiger partial charge in [0.1, 0.15) is 5.75 Å². The van der Waals surface area contributed by atoms with Crippen LogP contribution >= 0.6 is 0 Å². The van der Waals surface area contributed by atoms with E-state index in [0.29, 0.717) is 13.2 Å². The van der Waals surface area contributed by atoms with Crippen molar-refractivity contribution >= 4 is 11.5 Å². The highest BCUT2D eigenvalue weighted by molar-refractivity contribution is 6.00. The molecule has 0 spiro atoms. The van der Waals surface area contributed by atoms with Gasteiger partial charge in [0.15, 0.2) is 5.84 Å². The number of amidine groups is 1. The van der Waals surface area contributed by atoms with Crippen LogP contribution in [0.5, 0.6) is 5.75 Å². The third-order valence-electron chi connectivity index (χ3n) is 3.95. The van der Waals surface area contributed by atoms with E-state index in [1.165, 1.54) is 0 Å².